The first kappa shape index (κ1) is 12.6. The van der Waals surface area contributed by atoms with Gasteiger partial charge < -0.3 is 15.3 Å². The first-order valence-corrected chi connectivity index (χ1v) is 4.94. The van der Waals surface area contributed by atoms with E-state index in [2.05, 4.69) is 4.98 Å². The van der Waals surface area contributed by atoms with E-state index in [1.807, 2.05) is 6.92 Å². The first-order chi connectivity index (χ1) is 7.41. The smallest absolute Gasteiger partial charge is 0.306 e. The molecule has 0 fully saturated rings. The Hall–Kier alpha value is -1.46. The lowest BCUT2D eigenvalue weighted by Gasteiger charge is -2.18. The van der Waals surface area contributed by atoms with Crippen LogP contribution in [-0.4, -0.2) is 32.4 Å². The molecule has 2 atom stereocenters. The molecule has 0 aromatic carbocycles. The van der Waals surface area contributed by atoms with E-state index >= 15 is 0 Å². The topological polar surface area (TPSA) is 90.7 Å². The maximum Gasteiger partial charge on any atom is 0.306 e. The van der Waals surface area contributed by atoms with Gasteiger partial charge in [-0.2, -0.15) is 0 Å². The number of aliphatic hydroxyl groups excluding tert-OH is 2. The van der Waals surface area contributed by atoms with Crippen molar-refractivity contribution < 1.29 is 20.1 Å². The lowest BCUT2D eigenvalue weighted by Crippen LogP contribution is -2.22. The lowest BCUT2D eigenvalue weighted by atomic mass is 10.0. The summed E-state index contributed by atoms with van der Waals surface area (Å²) < 4.78 is 0. The van der Waals surface area contributed by atoms with Gasteiger partial charge in [0.25, 0.3) is 0 Å². The number of hydrogen-bond acceptors (Lipinski definition) is 4. The van der Waals surface area contributed by atoms with Gasteiger partial charge in [0.15, 0.2) is 0 Å². The van der Waals surface area contributed by atoms with Crippen molar-refractivity contribution >= 4 is 5.97 Å². The molecule has 1 rings (SSSR count). The largest absolute Gasteiger partial charge is 0.481 e. The molecule has 0 aliphatic rings. The second-order valence-electron chi connectivity index (χ2n) is 3.74. The summed E-state index contributed by atoms with van der Waals surface area (Å²) in [5.74, 6) is -1.15. The van der Waals surface area contributed by atoms with Gasteiger partial charge in [0.2, 0.25) is 0 Å². The number of aliphatic hydroxyl groups is 2. The van der Waals surface area contributed by atoms with E-state index < -0.39 is 24.6 Å². The minimum Gasteiger partial charge on any atom is -0.481 e. The summed E-state index contributed by atoms with van der Waals surface area (Å²) in [5.41, 5.74) is 1.86. The summed E-state index contributed by atoms with van der Waals surface area (Å²) in [6.07, 6.45) is -3.03. The van der Waals surface area contributed by atoms with Crippen molar-refractivity contribution in [3.05, 3.63) is 29.1 Å². The number of carboxylic acid groups (broad SMARTS) is 1. The minimum absolute atomic E-state index is 0.458. The third-order valence-corrected chi connectivity index (χ3v) is 2.33. The molecular weight excluding hydrogens is 210 g/mol. The molecule has 0 aliphatic heterocycles. The highest BCUT2D eigenvalue weighted by Crippen LogP contribution is 2.21. The summed E-state index contributed by atoms with van der Waals surface area (Å²) >= 11 is 0. The van der Waals surface area contributed by atoms with Crippen LogP contribution in [0.15, 0.2) is 12.1 Å². The fourth-order valence-electron chi connectivity index (χ4n) is 1.51. The summed E-state index contributed by atoms with van der Waals surface area (Å²) in [4.78, 5) is 14.5. The van der Waals surface area contributed by atoms with Crippen LogP contribution >= 0.6 is 0 Å². The molecule has 0 amide bonds. The van der Waals surface area contributed by atoms with Gasteiger partial charge in [0, 0.05) is 17.0 Å². The van der Waals surface area contributed by atoms with Crippen molar-refractivity contribution in [1.29, 1.82) is 0 Å². The Labute approximate surface area is 93.4 Å². The molecule has 2 unspecified atom stereocenters. The van der Waals surface area contributed by atoms with Crippen LogP contribution in [0.4, 0.5) is 0 Å². The molecule has 0 saturated heterocycles. The van der Waals surface area contributed by atoms with E-state index in [1.54, 1.807) is 19.1 Å². The predicted octanol–water partition coefficient (Wildman–Crippen LogP) is 0.567. The van der Waals surface area contributed by atoms with Gasteiger partial charge in [0.05, 0.1) is 12.5 Å². The van der Waals surface area contributed by atoms with Crippen LogP contribution < -0.4 is 0 Å². The van der Waals surface area contributed by atoms with E-state index in [-0.39, 0.29) is 0 Å². The zero-order chi connectivity index (χ0) is 12.3. The molecule has 0 bridgehead atoms. The second-order valence-corrected chi connectivity index (χ2v) is 3.74. The van der Waals surface area contributed by atoms with E-state index in [4.69, 9.17) is 5.11 Å². The molecule has 5 heteroatoms. The van der Waals surface area contributed by atoms with Crippen LogP contribution in [0.5, 0.6) is 0 Å². The lowest BCUT2D eigenvalue weighted by molar-refractivity contribution is -0.141. The molecule has 1 heterocycles. The number of aromatic nitrogens is 1. The number of nitrogens with zero attached hydrogens (tertiary/aromatic N) is 1. The van der Waals surface area contributed by atoms with E-state index in [9.17, 15) is 15.0 Å². The Morgan fingerprint density at radius 1 is 1.38 bits per heavy atom. The second kappa shape index (κ2) is 5.05. The van der Waals surface area contributed by atoms with E-state index in [0.717, 1.165) is 5.69 Å². The molecular formula is C11H15NO4. The van der Waals surface area contributed by atoms with Gasteiger partial charge in [-0.05, 0) is 19.9 Å². The molecule has 0 aliphatic carbocycles. The van der Waals surface area contributed by atoms with Crippen molar-refractivity contribution in [2.24, 2.45) is 0 Å². The predicted molar refractivity (Wildman–Crippen MR) is 56.9 cm³/mol. The number of pyridine rings is 1. The highest BCUT2D eigenvalue weighted by Gasteiger charge is 2.22. The van der Waals surface area contributed by atoms with Crippen LogP contribution in [0.2, 0.25) is 0 Å². The third kappa shape index (κ3) is 3.01. The van der Waals surface area contributed by atoms with Crippen LogP contribution in [0.1, 0.15) is 29.5 Å². The van der Waals surface area contributed by atoms with Crippen LogP contribution in [0, 0.1) is 13.8 Å². The number of aliphatic carboxylic acids is 1. The Bertz CT molecular complexity index is 392. The number of rotatable bonds is 4. The standard InChI is InChI=1S/C11H15NO4/c1-6-3-4-8(7(2)12-6)11(16)9(13)5-10(14)15/h3-4,9,11,13,16H,5H2,1-2H3,(H,14,15). The molecule has 3 N–H and O–H groups in total. The van der Waals surface area contributed by atoms with Crippen LogP contribution in [0.25, 0.3) is 0 Å². The molecule has 5 nitrogen and oxygen atoms in total. The van der Waals surface area contributed by atoms with E-state index in [1.165, 1.54) is 0 Å². The fourth-order valence-corrected chi connectivity index (χ4v) is 1.51. The average Bonchev–Trinajstić information content (AvgIpc) is 2.15. The Morgan fingerprint density at radius 2 is 2.00 bits per heavy atom. The third-order valence-electron chi connectivity index (χ3n) is 2.33. The van der Waals surface area contributed by atoms with Gasteiger partial charge in [-0.25, -0.2) is 0 Å². The monoisotopic (exact) mass is 225 g/mol. The summed E-state index contributed by atoms with van der Waals surface area (Å²) in [7, 11) is 0. The van der Waals surface area contributed by atoms with Crippen molar-refractivity contribution in [2.75, 3.05) is 0 Å². The highest BCUT2D eigenvalue weighted by atomic mass is 16.4. The SMILES string of the molecule is Cc1ccc(C(O)C(O)CC(=O)O)c(C)n1. The van der Waals surface area contributed by atoms with Crippen molar-refractivity contribution in [3.63, 3.8) is 0 Å². The Morgan fingerprint density at radius 3 is 2.50 bits per heavy atom. The quantitative estimate of drug-likeness (QED) is 0.696. The summed E-state index contributed by atoms with van der Waals surface area (Å²) in [6.45, 7) is 3.52. The molecule has 1 aromatic heterocycles. The zero-order valence-corrected chi connectivity index (χ0v) is 9.21. The van der Waals surface area contributed by atoms with Gasteiger partial charge in [-0.1, -0.05) is 6.07 Å². The molecule has 0 spiro atoms. The molecule has 88 valence electrons. The number of aryl methyl sites for hydroxylation is 2. The Kier molecular flexibility index (Phi) is 3.98. The minimum atomic E-state index is -1.32. The fraction of sp³-hybridized carbons (Fsp3) is 0.455. The average molecular weight is 225 g/mol. The zero-order valence-electron chi connectivity index (χ0n) is 9.21. The van der Waals surface area contributed by atoms with Crippen molar-refractivity contribution in [1.82, 2.24) is 4.98 Å². The maximum absolute atomic E-state index is 10.4. The van der Waals surface area contributed by atoms with Crippen molar-refractivity contribution in [3.8, 4) is 0 Å². The van der Waals surface area contributed by atoms with Crippen LogP contribution in [0.3, 0.4) is 0 Å². The molecule has 1 aromatic rings. The van der Waals surface area contributed by atoms with Crippen molar-refractivity contribution in [2.45, 2.75) is 32.5 Å². The highest BCUT2D eigenvalue weighted by molar-refractivity contribution is 5.67. The normalized spacial score (nSPS) is 14.5. The van der Waals surface area contributed by atoms with Gasteiger partial charge >= 0.3 is 5.97 Å². The summed E-state index contributed by atoms with van der Waals surface area (Å²) in [5, 5.41) is 27.7. The van der Waals surface area contributed by atoms with Crippen LogP contribution in [-0.2, 0) is 4.79 Å². The van der Waals surface area contributed by atoms with Gasteiger partial charge in [0.1, 0.15) is 6.10 Å². The van der Waals surface area contributed by atoms with Gasteiger partial charge in [-0.3, -0.25) is 9.78 Å². The Balaban J connectivity index is 2.87. The van der Waals surface area contributed by atoms with Gasteiger partial charge in [-0.15, -0.1) is 0 Å². The molecule has 0 saturated carbocycles. The molecule has 0 radical (unpaired) electrons. The maximum atomic E-state index is 10.4. The number of hydrogen-bond donors (Lipinski definition) is 3. The molecule has 16 heavy (non-hydrogen) atoms. The van der Waals surface area contributed by atoms with E-state index in [0.29, 0.717) is 11.3 Å². The first-order valence-electron chi connectivity index (χ1n) is 4.94. The summed E-state index contributed by atoms with van der Waals surface area (Å²) in [6, 6.07) is 3.35. The number of carboxylic acids is 1. The number of carbonyl (C=O) groups is 1.